The smallest absolute Gasteiger partial charge is 0.235 e. The van der Waals surface area contributed by atoms with Crippen molar-refractivity contribution in [1.29, 1.82) is 0 Å². The quantitative estimate of drug-likeness (QED) is 0.472. The van der Waals surface area contributed by atoms with E-state index in [2.05, 4.69) is 11.1 Å². The van der Waals surface area contributed by atoms with Gasteiger partial charge in [-0.2, -0.15) is 0 Å². The van der Waals surface area contributed by atoms with Crippen LogP contribution in [0.15, 0.2) is 12.3 Å². The highest BCUT2D eigenvalue weighted by Gasteiger charge is 2.12. The van der Waals surface area contributed by atoms with Gasteiger partial charge in [-0.15, -0.1) is 4.89 Å². The van der Waals surface area contributed by atoms with Gasteiger partial charge in [0.25, 0.3) is 0 Å². The van der Waals surface area contributed by atoms with Gasteiger partial charge in [-0.3, -0.25) is 0 Å². The minimum Gasteiger partial charge on any atom is -0.235 e. The van der Waals surface area contributed by atoms with Crippen LogP contribution in [0.5, 0.6) is 0 Å². The van der Waals surface area contributed by atoms with Crippen molar-refractivity contribution < 1.29 is 14.0 Å². The highest BCUT2D eigenvalue weighted by molar-refractivity contribution is 7.32. The Morgan fingerprint density at radius 1 is 2.00 bits per heavy atom. The summed E-state index contributed by atoms with van der Waals surface area (Å²) in [6.07, 6.45) is 0.571. The third-order valence-corrected chi connectivity index (χ3v) is 1.02. The van der Waals surface area contributed by atoms with E-state index in [1.165, 1.54) is 0 Å². The molecule has 0 spiro atoms. The second-order valence-corrected chi connectivity index (χ2v) is 1.88. The number of rotatable bonds is 3. The Kier molecular flexibility index (Phi) is 3.40. The summed E-state index contributed by atoms with van der Waals surface area (Å²) in [5.74, 6) is 0.341. The summed E-state index contributed by atoms with van der Waals surface area (Å²) >= 11 is 0. The molecule has 0 amide bonds. The fourth-order valence-electron chi connectivity index (χ4n) is 0.175. The van der Waals surface area contributed by atoms with Gasteiger partial charge in [-0.05, 0) is 0 Å². The fraction of sp³-hybridized carbons (Fsp3) is 0.500. The predicted octanol–water partition coefficient (Wildman–Crippen LogP) is 1.58. The maximum Gasteiger partial charge on any atom is 0.747 e. The van der Waals surface area contributed by atoms with E-state index in [0.717, 1.165) is 0 Å². The molecule has 3 nitrogen and oxygen atoms in total. The molecular formula is C4H8O3P+. The molecule has 0 aromatic carbocycles. The van der Waals surface area contributed by atoms with Gasteiger partial charge in [0, 0.05) is 11.0 Å². The lowest BCUT2D eigenvalue weighted by molar-refractivity contribution is 0.345. The second kappa shape index (κ2) is 3.58. The van der Waals surface area contributed by atoms with Crippen LogP contribution in [0.1, 0.15) is 13.3 Å². The Hall–Kier alpha value is -0.400. The minimum absolute atomic E-state index is 0.341. The molecule has 0 radical (unpaired) electrons. The Labute approximate surface area is 48.9 Å². The summed E-state index contributed by atoms with van der Waals surface area (Å²) < 4.78 is 14.1. The van der Waals surface area contributed by atoms with E-state index >= 15 is 0 Å². The lowest BCUT2D eigenvalue weighted by atomic mass is 10.4. The molecular weight excluding hydrogens is 127 g/mol. The lowest BCUT2D eigenvalue weighted by Gasteiger charge is -1.85. The normalized spacial score (nSPS) is 10.5. The van der Waals surface area contributed by atoms with Crippen LogP contribution < -0.4 is 0 Å². The molecule has 4 heteroatoms. The monoisotopic (exact) mass is 135 g/mol. The molecule has 0 saturated carbocycles. The van der Waals surface area contributed by atoms with Crippen LogP contribution in [0.4, 0.5) is 0 Å². The molecule has 1 atom stereocenters. The molecule has 0 aromatic rings. The van der Waals surface area contributed by atoms with E-state index in [9.17, 15) is 4.57 Å². The molecule has 8 heavy (non-hydrogen) atoms. The van der Waals surface area contributed by atoms with E-state index in [4.69, 9.17) is 4.89 Å². The topological polar surface area (TPSA) is 46.5 Å². The van der Waals surface area contributed by atoms with Crippen molar-refractivity contribution in [3.63, 3.8) is 0 Å². The summed E-state index contributed by atoms with van der Waals surface area (Å²) in [5.41, 5.74) is 0. The van der Waals surface area contributed by atoms with Gasteiger partial charge in [-0.25, -0.2) is 4.52 Å². The lowest BCUT2D eigenvalue weighted by Crippen LogP contribution is -1.76. The van der Waals surface area contributed by atoms with Crippen LogP contribution >= 0.6 is 8.25 Å². The number of hydrogen-bond acceptors (Lipinski definition) is 2. The Morgan fingerprint density at radius 3 is 2.62 bits per heavy atom. The fourth-order valence-corrected chi connectivity index (χ4v) is 0.525. The molecule has 0 heterocycles. The first-order valence-corrected chi connectivity index (χ1v) is 3.31. The molecule has 0 rings (SSSR count). The molecule has 0 bridgehead atoms. The summed E-state index contributed by atoms with van der Waals surface area (Å²) in [7, 11) is -2.50. The van der Waals surface area contributed by atoms with Gasteiger partial charge < -0.3 is 0 Å². The van der Waals surface area contributed by atoms with Gasteiger partial charge >= 0.3 is 8.25 Å². The first kappa shape index (κ1) is 7.60. The molecule has 0 fully saturated rings. The van der Waals surface area contributed by atoms with Crippen molar-refractivity contribution >= 4 is 8.25 Å². The van der Waals surface area contributed by atoms with E-state index in [0.29, 0.717) is 12.2 Å². The Balaban J connectivity index is 3.40. The van der Waals surface area contributed by atoms with Crippen molar-refractivity contribution in [3.05, 3.63) is 12.3 Å². The number of allylic oxidation sites excluding steroid dienone is 1. The molecule has 46 valence electrons. The van der Waals surface area contributed by atoms with Gasteiger partial charge in [0.1, 0.15) is 0 Å². The first-order valence-electron chi connectivity index (χ1n) is 2.18. The third-order valence-electron chi connectivity index (χ3n) is 0.602. The van der Waals surface area contributed by atoms with Gasteiger partial charge in [0.15, 0.2) is 5.76 Å². The van der Waals surface area contributed by atoms with Crippen molar-refractivity contribution in [2.24, 2.45) is 0 Å². The first-order chi connectivity index (χ1) is 3.66. The van der Waals surface area contributed by atoms with Gasteiger partial charge in [0.2, 0.25) is 0 Å². The molecule has 0 aliphatic carbocycles. The summed E-state index contributed by atoms with van der Waals surface area (Å²) in [4.78, 5) is 8.08. The zero-order chi connectivity index (χ0) is 6.57. The molecule has 0 aromatic heterocycles. The van der Waals surface area contributed by atoms with E-state index < -0.39 is 8.25 Å². The molecule has 1 unspecified atom stereocenters. The average molecular weight is 135 g/mol. The maximum absolute atomic E-state index is 9.83. The maximum atomic E-state index is 9.83. The van der Waals surface area contributed by atoms with Crippen molar-refractivity contribution in [2.75, 3.05) is 0 Å². The summed E-state index contributed by atoms with van der Waals surface area (Å²) in [6, 6.07) is 0. The van der Waals surface area contributed by atoms with E-state index in [-0.39, 0.29) is 0 Å². The van der Waals surface area contributed by atoms with Gasteiger partial charge in [0.05, 0.1) is 0 Å². The third kappa shape index (κ3) is 3.78. The van der Waals surface area contributed by atoms with Crippen LogP contribution in [0.25, 0.3) is 0 Å². The van der Waals surface area contributed by atoms with Crippen LogP contribution in [-0.4, -0.2) is 4.89 Å². The SMILES string of the molecule is C=C(CC)O[P+](=O)O. The predicted molar refractivity (Wildman–Crippen MR) is 30.3 cm³/mol. The summed E-state index contributed by atoms with van der Waals surface area (Å²) in [5, 5.41) is 0. The van der Waals surface area contributed by atoms with Crippen molar-refractivity contribution in [2.45, 2.75) is 13.3 Å². The largest absolute Gasteiger partial charge is 0.747 e. The van der Waals surface area contributed by atoms with Crippen LogP contribution in [-0.2, 0) is 9.09 Å². The zero-order valence-electron chi connectivity index (χ0n) is 4.63. The second-order valence-electron chi connectivity index (χ2n) is 1.22. The Morgan fingerprint density at radius 2 is 2.50 bits per heavy atom. The molecule has 0 saturated heterocycles. The van der Waals surface area contributed by atoms with Gasteiger partial charge in [-0.1, -0.05) is 13.5 Å². The van der Waals surface area contributed by atoms with Crippen LogP contribution in [0, 0.1) is 0 Å². The van der Waals surface area contributed by atoms with E-state index in [1.807, 2.05) is 0 Å². The highest BCUT2D eigenvalue weighted by atomic mass is 31.1. The van der Waals surface area contributed by atoms with Crippen LogP contribution in [0.2, 0.25) is 0 Å². The molecule has 0 aliphatic heterocycles. The minimum atomic E-state index is -2.50. The van der Waals surface area contributed by atoms with Crippen molar-refractivity contribution in [3.8, 4) is 0 Å². The zero-order valence-corrected chi connectivity index (χ0v) is 5.52. The molecule has 1 N–H and O–H groups in total. The Bertz CT molecular complexity index is 110. The highest BCUT2D eigenvalue weighted by Crippen LogP contribution is 2.20. The number of hydrogen-bond donors (Lipinski definition) is 1. The van der Waals surface area contributed by atoms with Crippen LogP contribution in [0.3, 0.4) is 0 Å². The van der Waals surface area contributed by atoms with Crippen molar-refractivity contribution in [1.82, 2.24) is 0 Å². The summed E-state index contributed by atoms with van der Waals surface area (Å²) in [6.45, 7) is 5.14. The average Bonchev–Trinajstić information content (AvgIpc) is 1.65. The molecule has 0 aliphatic rings. The standard InChI is InChI=1S/C4H7O3P/c1-3-4(2)7-8(5)6/h2-3H2,1H3/p+1. The van der Waals surface area contributed by atoms with E-state index in [1.54, 1.807) is 6.92 Å².